The lowest BCUT2D eigenvalue weighted by atomic mass is 10.1. The zero-order valence-electron chi connectivity index (χ0n) is 19.8. The minimum atomic E-state index is -0.250. The van der Waals surface area contributed by atoms with E-state index in [-0.39, 0.29) is 18.1 Å². The number of urea groups is 1. The number of hydrogen-bond donors (Lipinski definition) is 4. The summed E-state index contributed by atoms with van der Waals surface area (Å²) in [5.74, 6) is 1.35. The van der Waals surface area contributed by atoms with E-state index in [1.165, 1.54) is 6.39 Å². The van der Waals surface area contributed by atoms with Crippen LogP contribution in [0.3, 0.4) is 0 Å². The summed E-state index contributed by atoms with van der Waals surface area (Å²) in [6, 6.07) is 12.5. The molecule has 0 spiro atoms. The summed E-state index contributed by atoms with van der Waals surface area (Å²) in [6.45, 7) is 1.59. The lowest BCUT2D eigenvalue weighted by Crippen LogP contribution is -2.39. The van der Waals surface area contributed by atoms with Crippen LogP contribution in [-0.2, 0) is 11.3 Å². The highest BCUT2D eigenvalue weighted by Crippen LogP contribution is 2.33. The van der Waals surface area contributed by atoms with Crippen molar-refractivity contribution in [2.45, 2.75) is 25.5 Å². The van der Waals surface area contributed by atoms with Crippen molar-refractivity contribution in [3.8, 4) is 23.3 Å². The zero-order chi connectivity index (χ0) is 25.2. The number of nitrogens with one attached hydrogen (secondary N) is 4. The second-order valence-corrected chi connectivity index (χ2v) is 7.97. The number of amides is 2. The number of oxazole rings is 1. The number of nitriles is 1. The maximum Gasteiger partial charge on any atom is 0.315 e. The Morgan fingerprint density at radius 3 is 2.94 bits per heavy atom. The van der Waals surface area contributed by atoms with E-state index in [1.54, 1.807) is 31.5 Å². The van der Waals surface area contributed by atoms with E-state index in [4.69, 9.17) is 13.9 Å². The Hall–Kier alpha value is -4.56. The van der Waals surface area contributed by atoms with Crippen LogP contribution in [-0.4, -0.2) is 43.3 Å². The van der Waals surface area contributed by atoms with Crippen LogP contribution >= 0.6 is 0 Å². The monoisotopic (exact) mass is 489 g/mol. The van der Waals surface area contributed by atoms with Crippen LogP contribution in [0.5, 0.6) is 5.75 Å². The first-order chi connectivity index (χ1) is 17.6. The molecule has 11 heteroatoms. The summed E-state index contributed by atoms with van der Waals surface area (Å²) >= 11 is 0. The van der Waals surface area contributed by atoms with Crippen LogP contribution in [0.25, 0.3) is 11.3 Å². The molecule has 1 aliphatic rings. The minimum Gasteiger partial charge on any atom is -0.496 e. The van der Waals surface area contributed by atoms with Crippen LogP contribution in [0.4, 0.5) is 16.2 Å². The number of benzene rings is 2. The predicted molar refractivity (Wildman–Crippen MR) is 134 cm³/mol. The Morgan fingerprint density at radius 2 is 2.19 bits per heavy atom. The molecule has 1 aromatic heterocycles. The fourth-order valence-corrected chi connectivity index (χ4v) is 3.72. The number of carbonyl (C=O) groups excluding carboxylic acids is 1. The topological polar surface area (TPSA) is 146 Å². The first-order valence-corrected chi connectivity index (χ1v) is 11.4. The van der Waals surface area contributed by atoms with E-state index >= 15 is 0 Å². The molecule has 2 amide bonds. The van der Waals surface area contributed by atoms with Gasteiger partial charge in [0.25, 0.3) is 0 Å². The van der Waals surface area contributed by atoms with Gasteiger partial charge in [0.1, 0.15) is 5.75 Å². The lowest BCUT2D eigenvalue weighted by molar-refractivity contribution is 0.111. The largest absolute Gasteiger partial charge is 0.496 e. The Labute approximate surface area is 208 Å². The molecule has 1 unspecified atom stereocenters. The number of aromatic nitrogens is 1. The van der Waals surface area contributed by atoms with Gasteiger partial charge in [-0.25, -0.2) is 14.8 Å². The number of guanidine groups is 1. The van der Waals surface area contributed by atoms with Crippen molar-refractivity contribution >= 4 is 23.4 Å². The fourth-order valence-electron chi connectivity index (χ4n) is 3.72. The maximum absolute atomic E-state index is 12.1. The number of methoxy groups -OCH3 is 1. The van der Waals surface area contributed by atoms with Gasteiger partial charge >= 0.3 is 6.03 Å². The molecule has 2 aromatic carbocycles. The van der Waals surface area contributed by atoms with Crippen molar-refractivity contribution in [3.05, 3.63) is 60.6 Å². The van der Waals surface area contributed by atoms with Gasteiger partial charge in [0.15, 0.2) is 18.3 Å². The zero-order valence-corrected chi connectivity index (χ0v) is 19.8. The highest BCUT2D eigenvalue weighted by atomic mass is 16.5. The van der Waals surface area contributed by atoms with E-state index in [9.17, 15) is 10.1 Å². The van der Waals surface area contributed by atoms with Crippen LogP contribution < -0.4 is 26.0 Å². The molecule has 1 fully saturated rings. The molecule has 0 saturated carbocycles. The van der Waals surface area contributed by atoms with Crippen molar-refractivity contribution < 1.29 is 18.7 Å². The Morgan fingerprint density at radius 1 is 1.28 bits per heavy atom. The van der Waals surface area contributed by atoms with E-state index in [2.05, 4.69) is 31.2 Å². The Balaban J connectivity index is 1.40. The highest BCUT2D eigenvalue weighted by Gasteiger charge is 2.16. The van der Waals surface area contributed by atoms with E-state index < -0.39 is 0 Å². The minimum absolute atomic E-state index is 0.0898. The highest BCUT2D eigenvalue weighted by molar-refractivity contribution is 5.96. The standard InChI is InChI=1S/C25H27N7O4/c1-34-22-11-19(7-8-21(22)23-14-27-16-36-23)32-24(30-15-26)31-18-5-2-4-17(10-18)12-28-25(33)29-13-20-6-3-9-35-20/h2,4-5,7-8,10-11,14,16,20H,3,6,9,12-13H2,1H3,(H2,28,29,33)(H2,30,31,32). The molecule has 1 atom stereocenters. The van der Waals surface area contributed by atoms with Gasteiger partial charge in [0, 0.05) is 31.5 Å². The number of carbonyl (C=O) groups is 1. The summed E-state index contributed by atoms with van der Waals surface area (Å²) in [7, 11) is 1.55. The molecule has 0 radical (unpaired) electrons. The van der Waals surface area contributed by atoms with E-state index in [0.717, 1.165) is 30.6 Å². The quantitative estimate of drug-likeness (QED) is 0.163. The summed E-state index contributed by atoms with van der Waals surface area (Å²) in [4.78, 5) is 20.5. The van der Waals surface area contributed by atoms with E-state index in [0.29, 0.717) is 36.0 Å². The molecule has 2 heterocycles. The summed E-state index contributed by atoms with van der Waals surface area (Å²) < 4.78 is 16.3. The molecule has 0 aliphatic carbocycles. The van der Waals surface area contributed by atoms with Gasteiger partial charge in [-0.3, -0.25) is 5.32 Å². The molecular weight excluding hydrogens is 462 g/mol. The molecular formula is C25H27N7O4. The van der Waals surface area contributed by atoms with Gasteiger partial charge in [0.2, 0.25) is 5.96 Å². The van der Waals surface area contributed by atoms with E-state index in [1.807, 2.05) is 30.5 Å². The van der Waals surface area contributed by atoms with Crippen molar-refractivity contribution in [1.82, 2.24) is 20.9 Å². The molecule has 11 nitrogen and oxygen atoms in total. The van der Waals surface area contributed by atoms with Gasteiger partial charge in [-0.1, -0.05) is 12.1 Å². The average Bonchev–Trinajstić information content (AvgIpc) is 3.61. The molecule has 0 bridgehead atoms. The summed E-state index contributed by atoms with van der Waals surface area (Å²) in [5.41, 5.74) is 2.86. The smallest absolute Gasteiger partial charge is 0.315 e. The second kappa shape index (κ2) is 12.2. The first kappa shape index (κ1) is 24.6. The maximum atomic E-state index is 12.1. The number of rotatable bonds is 8. The average molecular weight is 490 g/mol. The number of hydrogen-bond acceptors (Lipinski definition) is 7. The Kier molecular flexibility index (Phi) is 8.35. The van der Waals surface area contributed by atoms with Crippen molar-refractivity contribution in [1.29, 1.82) is 5.26 Å². The predicted octanol–water partition coefficient (Wildman–Crippen LogP) is 3.50. The van der Waals surface area contributed by atoms with Crippen molar-refractivity contribution in [3.63, 3.8) is 0 Å². The van der Waals surface area contributed by atoms with Crippen molar-refractivity contribution in [2.75, 3.05) is 25.6 Å². The molecule has 4 rings (SSSR count). The second-order valence-electron chi connectivity index (χ2n) is 7.97. The van der Waals surface area contributed by atoms with Gasteiger partial charge in [0.05, 0.1) is 30.7 Å². The fraction of sp³-hybridized carbons (Fsp3) is 0.280. The third kappa shape index (κ3) is 6.74. The molecule has 4 N–H and O–H groups in total. The number of ether oxygens (including phenoxy) is 2. The Bertz CT molecular complexity index is 1230. The van der Waals surface area contributed by atoms with Crippen LogP contribution in [0.2, 0.25) is 0 Å². The molecule has 1 aliphatic heterocycles. The molecule has 36 heavy (non-hydrogen) atoms. The number of anilines is 1. The SMILES string of the molecule is COc1cc(N=C(NC#N)Nc2cccc(CNC(=O)NCC3CCCO3)c2)ccc1-c1cnco1. The normalized spacial score (nSPS) is 15.1. The van der Waals surface area contributed by atoms with Gasteiger partial charge in [-0.05, 0) is 42.7 Å². The molecule has 3 aromatic rings. The lowest BCUT2D eigenvalue weighted by Gasteiger charge is -2.13. The van der Waals surface area contributed by atoms with Gasteiger partial charge < -0.3 is 29.8 Å². The molecule has 186 valence electrons. The number of aliphatic imine (C=N–C) groups is 1. The summed E-state index contributed by atoms with van der Waals surface area (Å²) in [6.07, 6.45) is 6.92. The van der Waals surface area contributed by atoms with Crippen molar-refractivity contribution in [2.24, 2.45) is 4.99 Å². The van der Waals surface area contributed by atoms with Gasteiger partial charge in [-0.15, -0.1) is 0 Å². The van der Waals surface area contributed by atoms with Crippen LogP contribution in [0.15, 0.2) is 64.5 Å². The molecule has 1 saturated heterocycles. The summed E-state index contributed by atoms with van der Waals surface area (Å²) in [5, 5.41) is 20.5. The van der Waals surface area contributed by atoms with Gasteiger partial charge in [-0.2, -0.15) is 5.26 Å². The first-order valence-electron chi connectivity index (χ1n) is 11.4. The van der Waals surface area contributed by atoms with Crippen LogP contribution in [0.1, 0.15) is 18.4 Å². The number of nitrogens with zero attached hydrogens (tertiary/aromatic N) is 3. The third-order valence-electron chi connectivity index (χ3n) is 5.46. The third-order valence-corrected chi connectivity index (χ3v) is 5.46. The van der Waals surface area contributed by atoms with Crippen LogP contribution in [0, 0.1) is 11.5 Å².